The fraction of sp³-hybridized carbons (Fsp3) is 0.619. The molecule has 0 aliphatic heterocycles. The number of fused-ring (bicyclic) bond motifs is 5. The molecule has 26 heavy (non-hydrogen) atoms. The van der Waals surface area contributed by atoms with Gasteiger partial charge in [0, 0.05) is 11.8 Å². The fourth-order valence-electron chi connectivity index (χ4n) is 5.82. The van der Waals surface area contributed by atoms with Gasteiger partial charge in [-0.3, -0.25) is 9.59 Å². The van der Waals surface area contributed by atoms with E-state index in [1.807, 2.05) is 0 Å². The molecular weight excluding hydrogens is 394 g/mol. The first-order chi connectivity index (χ1) is 12.5. The van der Waals surface area contributed by atoms with E-state index in [2.05, 4.69) is 40.3 Å². The molecule has 0 spiro atoms. The lowest BCUT2D eigenvalue weighted by molar-refractivity contribution is -0.129. The first-order valence-corrected chi connectivity index (χ1v) is 10.7. The Morgan fingerprint density at radius 3 is 2.85 bits per heavy atom. The van der Waals surface area contributed by atoms with Crippen molar-refractivity contribution in [1.29, 1.82) is 0 Å². The number of ketones is 1. The minimum absolute atomic E-state index is 0.0757. The summed E-state index contributed by atoms with van der Waals surface area (Å²) in [7, 11) is 1.65. The number of hydrogen-bond acceptors (Lipinski definition) is 3. The second-order valence-corrected chi connectivity index (χ2v) is 8.83. The molecule has 0 aromatic heterocycles. The van der Waals surface area contributed by atoms with Crippen LogP contribution in [-0.2, 0) is 16.0 Å². The number of anilines is 1. The molecule has 5 heteroatoms. The van der Waals surface area contributed by atoms with E-state index in [4.69, 9.17) is 4.74 Å². The van der Waals surface area contributed by atoms with E-state index in [0.29, 0.717) is 23.5 Å². The molecule has 0 bridgehead atoms. The summed E-state index contributed by atoms with van der Waals surface area (Å²) in [5, 5.41) is 3.22. The predicted octanol–water partition coefficient (Wildman–Crippen LogP) is 4.45. The Kier molecular flexibility index (Phi) is 4.62. The molecule has 4 rings (SSSR count). The predicted molar refractivity (Wildman–Crippen MR) is 105 cm³/mol. The lowest BCUT2D eigenvalue weighted by Crippen LogP contribution is -2.42. The number of ether oxygens (including phenoxy) is 1. The lowest BCUT2D eigenvalue weighted by Gasteiger charge is -2.48. The molecule has 1 aromatic carbocycles. The summed E-state index contributed by atoms with van der Waals surface area (Å²) in [4.78, 5) is 24.4. The molecule has 0 saturated heterocycles. The van der Waals surface area contributed by atoms with Crippen molar-refractivity contribution in [3.05, 3.63) is 23.3 Å². The summed E-state index contributed by atoms with van der Waals surface area (Å²) < 4.78 is 5.52. The van der Waals surface area contributed by atoms with Crippen LogP contribution >= 0.6 is 15.9 Å². The molecule has 4 nitrogen and oxygen atoms in total. The molecule has 0 heterocycles. The Hall–Kier alpha value is -1.36. The van der Waals surface area contributed by atoms with Crippen LogP contribution in [0.5, 0.6) is 5.75 Å². The Balaban J connectivity index is 1.70. The molecular formula is C21H26BrNO3. The third kappa shape index (κ3) is 2.70. The Labute approximate surface area is 163 Å². The van der Waals surface area contributed by atoms with Crippen LogP contribution in [0.25, 0.3) is 0 Å². The van der Waals surface area contributed by atoms with Gasteiger partial charge >= 0.3 is 0 Å². The second kappa shape index (κ2) is 6.66. The zero-order valence-corrected chi connectivity index (χ0v) is 17.0. The number of methoxy groups -OCH3 is 1. The van der Waals surface area contributed by atoms with Gasteiger partial charge in [0.05, 0.1) is 18.1 Å². The second-order valence-electron chi connectivity index (χ2n) is 8.27. The molecule has 2 saturated carbocycles. The maximum atomic E-state index is 12.5. The lowest BCUT2D eigenvalue weighted by atomic mass is 9.55. The summed E-state index contributed by atoms with van der Waals surface area (Å²) in [6, 6.07) is 4.23. The minimum atomic E-state index is -0.0991. The van der Waals surface area contributed by atoms with E-state index < -0.39 is 0 Å². The maximum absolute atomic E-state index is 12.5. The van der Waals surface area contributed by atoms with Crippen LogP contribution in [0.3, 0.4) is 0 Å². The zero-order valence-electron chi connectivity index (χ0n) is 15.4. The van der Waals surface area contributed by atoms with Crippen LogP contribution < -0.4 is 10.1 Å². The SMILES string of the molecule is COc1cc2c(cc1NC(=O)CBr)[C@H]1CC[C@]3(C)C(=O)CC[C@H]3[C@@H]1CC2. The molecule has 0 radical (unpaired) electrons. The van der Waals surface area contributed by atoms with E-state index in [1.165, 1.54) is 11.1 Å². The van der Waals surface area contributed by atoms with Gasteiger partial charge in [0.2, 0.25) is 5.91 Å². The fourth-order valence-corrected chi connectivity index (χ4v) is 5.96. The van der Waals surface area contributed by atoms with Gasteiger partial charge < -0.3 is 10.1 Å². The van der Waals surface area contributed by atoms with Crippen LogP contribution in [0.2, 0.25) is 0 Å². The van der Waals surface area contributed by atoms with Crippen molar-refractivity contribution in [2.45, 2.75) is 51.4 Å². The third-order valence-corrected chi connectivity index (χ3v) is 7.66. The molecule has 140 valence electrons. The summed E-state index contributed by atoms with van der Waals surface area (Å²) in [5.74, 6) is 2.73. The van der Waals surface area contributed by atoms with Crippen molar-refractivity contribution >= 4 is 33.3 Å². The van der Waals surface area contributed by atoms with Crippen molar-refractivity contribution in [3.63, 3.8) is 0 Å². The average Bonchev–Trinajstić information content (AvgIpc) is 2.96. The van der Waals surface area contributed by atoms with Crippen molar-refractivity contribution in [3.8, 4) is 5.75 Å². The number of alkyl halides is 1. The molecule has 0 unspecified atom stereocenters. The Bertz CT molecular complexity index is 762. The molecule has 1 aromatic rings. The third-order valence-electron chi connectivity index (χ3n) is 7.15. The van der Waals surface area contributed by atoms with Crippen LogP contribution in [0.4, 0.5) is 5.69 Å². The first kappa shape index (κ1) is 18.0. The number of carbonyl (C=O) groups excluding carboxylic acids is 2. The van der Waals surface area contributed by atoms with E-state index >= 15 is 0 Å². The van der Waals surface area contributed by atoms with Gasteiger partial charge in [0.1, 0.15) is 11.5 Å². The smallest absolute Gasteiger partial charge is 0.235 e. The van der Waals surface area contributed by atoms with Gasteiger partial charge in [-0.2, -0.15) is 0 Å². The van der Waals surface area contributed by atoms with Gasteiger partial charge in [0.25, 0.3) is 0 Å². The van der Waals surface area contributed by atoms with E-state index in [1.54, 1.807) is 7.11 Å². The number of nitrogens with one attached hydrogen (secondary N) is 1. The topological polar surface area (TPSA) is 55.4 Å². The van der Waals surface area contributed by atoms with Crippen molar-refractivity contribution in [2.75, 3.05) is 17.8 Å². The number of Topliss-reactive ketones (excluding diaryl/α,β-unsaturated/α-hetero) is 1. The normalized spacial score (nSPS) is 32.4. The monoisotopic (exact) mass is 419 g/mol. The van der Waals surface area contributed by atoms with Gasteiger partial charge in [-0.25, -0.2) is 0 Å². The van der Waals surface area contributed by atoms with Crippen molar-refractivity contribution in [2.24, 2.45) is 17.3 Å². The first-order valence-electron chi connectivity index (χ1n) is 9.58. The average molecular weight is 420 g/mol. The van der Waals surface area contributed by atoms with E-state index in [0.717, 1.165) is 50.0 Å². The number of halogens is 1. The molecule has 1 N–H and O–H groups in total. The molecule has 3 aliphatic carbocycles. The highest BCUT2D eigenvalue weighted by molar-refractivity contribution is 9.09. The summed E-state index contributed by atoms with van der Waals surface area (Å²) in [5.41, 5.74) is 3.35. The van der Waals surface area contributed by atoms with Crippen molar-refractivity contribution < 1.29 is 14.3 Å². The van der Waals surface area contributed by atoms with Crippen LogP contribution in [0.15, 0.2) is 12.1 Å². The summed E-state index contributed by atoms with van der Waals surface area (Å²) in [6.07, 6.45) is 6.05. The minimum Gasteiger partial charge on any atom is -0.495 e. The van der Waals surface area contributed by atoms with Crippen LogP contribution in [0, 0.1) is 17.3 Å². The number of carbonyl (C=O) groups is 2. The standard InChI is InChI=1S/C21H26BrNO3/c1-21-8-7-13-14(16(21)5-6-19(21)24)4-3-12-9-18(26-2)17(10-15(12)13)23-20(25)11-22/h9-10,13-14,16H,3-8,11H2,1-2H3,(H,23,25)/t13-,14+,16-,21-/m0/s1. The Morgan fingerprint density at radius 1 is 1.31 bits per heavy atom. The van der Waals surface area contributed by atoms with Crippen LogP contribution in [-0.4, -0.2) is 24.1 Å². The maximum Gasteiger partial charge on any atom is 0.235 e. The summed E-state index contributed by atoms with van der Waals surface area (Å²) >= 11 is 3.21. The molecule has 4 atom stereocenters. The highest BCUT2D eigenvalue weighted by atomic mass is 79.9. The number of rotatable bonds is 3. The summed E-state index contributed by atoms with van der Waals surface area (Å²) in [6.45, 7) is 2.20. The molecule has 1 amide bonds. The molecule has 2 fully saturated rings. The quantitative estimate of drug-likeness (QED) is 0.735. The largest absolute Gasteiger partial charge is 0.495 e. The highest BCUT2D eigenvalue weighted by Crippen LogP contribution is 2.60. The van der Waals surface area contributed by atoms with Gasteiger partial charge in [-0.1, -0.05) is 22.9 Å². The number of amides is 1. The molecule has 3 aliphatic rings. The van der Waals surface area contributed by atoms with Gasteiger partial charge in [-0.05, 0) is 73.1 Å². The number of aryl methyl sites for hydroxylation is 1. The zero-order chi connectivity index (χ0) is 18.5. The van der Waals surface area contributed by atoms with E-state index in [-0.39, 0.29) is 16.7 Å². The van der Waals surface area contributed by atoms with Gasteiger partial charge in [0.15, 0.2) is 0 Å². The number of benzene rings is 1. The van der Waals surface area contributed by atoms with Crippen LogP contribution in [0.1, 0.15) is 56.1 Å². The Morgan fingerprint density at radius 2 is 2.12 bits per heavy atom. The number of hydrogen-bond donors (Lipinski definition) is 1. The van der Waals surface area contributed by atoms with E-state index in [9.17, 15) is 9.59 Å². The highest BCUT2D eigenvalue weighted by Gasteiger charge is 2.54. The van der Waals surface area contributed by atoms with Crippen molar-refractivity contribution in [1.82, 2.24) is 0 Å². The van der Waals surface area contributed by atoms with Gasteiger partial charge in [-0.15, -0.1) is 0 Å².